The number of rotatable bonds is 4. The molecule has 26 heavy (non-hydrogen) atoms. The second-order valence-corrected chi connectivity index (χ2v) is 8.30. The molecule has 0 amide bonds. The molecule has 1 aliphatic rings. The van der Waals surface area contributed by atoms with Crippen LogP contribution < -0.4 is 0 Å². The van der Waals surface area contributed by atoms with E-state index in [9.17, 15) is 8.42 Å². The second kappa shape index (κ2) is 6.66. The third kappa shape index (κ3) is 3.04. The molecule has 0 saturated carbocycles. The lowest BCUT2D eigenvalue weighted by molar-refractivity contribution is 0.290. The Morgan fingerprint density at radius 1 is 1.12 bits per heavy atom. The summed E-state index contributed by atoms with van der Waals surface area (Å²) in [7, 11) is -3.59. The quantitative estimate of drug-likeness (QED) is 0.703. The molecule has 6 nitrogen and oxygen atoms in total. The van der Waals surface area contributed by atoms with Crippen LogP contribution in [0.3, 0.4) is 0 Å². The van der Waals surface area contributed by atoms with Crippen molar-refractivity contribution in [2.75, 3.05) is 6.54 Å². The molecular formula is C19H19N3O3S. The van der Waals surface area contributed by atoms with Crippen molar-refractivity contribution in [2.24, 2.45) is 0 Å². The standard InChI is InChI=1S/C19H19N3O3S/c1-14-7-5-8-15(13-14)18-20-19(25-21-18)17-11-6-12-22(17)26(23,24)16-9-3-2-4-10-16/h2-5,7-10,13,17H,6,11-12H2,1H3. The Labute approximate surface area is 152 Å². The lowest BCUT2D eigenvalue weighted by Gasteiger charge is -2.21. The number of sulfonamides is 1. The van der Waals surface area contributed by atoms with Gasteiger partial charge in [0, 0.05) is 12.1 Å². The summed E-state index contributed by atoms with van der Waals surface area (Å²) in [4.78, 5) is 4.76. The summed E-state index contributed by atoms with van der Waals surface area (Å²) in [5, 5.41) is 4.05. The fraction of sp³-hybridized carbons (Fsp3) is 0.263. The number of benzene rings is 2. The molecule has 1 aromatic heterocycles. The maximum Gasteiger partial charge on any atom is 0.245 e. The highest BCUT2D eigenvalue weighted by Crippen LogP contribution is 2.36. The predicted octanol–water partition coefficient (Wildman–Crippen LogP) is 3.57. The first kappa shape index (κ1) is 16.9. The van der Waals surface area contributed by atoms with Crippen LogP contribution in [0.2, 0.25) is 0 Å². The number of aromatic nitrogens is 2. The van der Waals surface area contributed by atoms with Crippen LogP contribution in [0.4, 0.5) is 0 Å². The maximum atomic E-state index is 13.0. The van der Waals surface area contributed by atoms with Crippen molar-refractivity contribution in [1.82, 2.24) is 14.4 Å². The Morgan fingerprint density at radius 3 is 2.69 bits per heavy atom. The van der Waals surface area contributed by atoms with Crippen molar-refractivity contribution >= 4 is 10.0 Å². The van der Waals surface area contributed by atoms with Gasteiger partial charge >= 0.3 is 0 Å². The van der Waals surface area contributed by atoms with Crippen LogP contribution >= 0.6 is 0 Å². The molecule has 0 bridgehead atoms. The van der Waals surface area contributed by atoms with Crippen molar-refractivity contribution in [1.29, 1.82) is 0 Å². The van der Waals surface area contributed by atoms with Gasteiger partial charge in [-0.15, -0.1) is 0 Å². The SMILES string of the molecule is Cc1cccc(-c2noc(C3CCCN3S(=O)(=O)c3ccccc3)n2)c1. The Hall–Kier alpha value is -2.51. The van der Waals surface area contributed by atoms with Gasteiger partial charge in [0.25, 0.3) is 0 Å². The molecule has 134 valence electrons. The second-order valence-electron chi connectivity index (χ2n) is 6.41. The fourth-order valence-corrected chi connectivity index (χ4v) is 4.95. The van der Waals surface area contributed by atoms with Crippen molar-refractivity contribution in [3.63, 3.8) is 0 Å². The molecular weight excluding hydrogens is 350 g/mol. The first-order valence-electron chi connectivity index (χ1n) is 8.53. The van der Waals surface area contributed by atoms with Crippen molar-refractivity contribution < 1.29 is 12.9 Å². The third-order valence-electron chi connectivity index (χ3n) is 4.56. The highest BCUT2D eigenvalue weighted by atomic mass is 32.2. The first-order chi connectivity index (χ1) is 12.6. The summed E-state index contributed by atoms with van der Waals surface area (Å²) in [6, 6.07) is 15.8. The minimum atomic E-state index is -3.59. The van der Waals surface area contributed by atoms with Crippen LogP contribution in [0, 0.1) is 6.92 Å². The van der Waals surface area contributed by atoms with Gasteiger partial charge in [0.15, 0.2) is 0 Å². The molecule has 4 rings (SSSR count). The normalized spacial score (nSPS) is 18.3. The molecule has 0 N–H and O–H groups in total. The Kier molecular flexibility index (Phi) is 4.34. The average Bonchev–Trinajstić information content (AvgIpc) is 3.32. The average molecular weight is 369 g/mol. The van der Waals surface area contributed by atoms with Crippen LogP contribution in [-0.2, 0) is 10.0 Å². The summed E-state index contributed by atoms with van der Waals surface area (Å²) in [5.74, 6) is 0.825. The van der Waals surface area contributed by atoms with Gasteiger partial charge in [0.05, 0.1) is 4.90 Å². The summed E-state index contributed by atoms with van der Waals surface area (Å²) < 4.78 is 32.9. The van der Waals surface area contributed by atoms with Crippen LogP contribution in [0.15, 0.2) is 64.0 Å². The smallest absolute Gasteiger partial charge is 0.245 e. The summed E-state index contributed by atoms with van der Waals surface area (Å²) in [6.07, 6.45) is 1.43. The molecule has 7 heteroatoms. The van der Waals surface area contributed by atoms with Gasteiger partial charge in [0.1, 0.15) is 6.04 Å². The highest BCUT2D eigenvalue weighted by Gasteiger charge is 2.39. The Balaban J connectivity index is 1.66. The van der Waals surface area contributed by atoms with Gasteiger partial charge in [-0.25, -0.2) is 8.42 Å². The monoisotopic (exact) mass is 369 g/mol. The minimum absolute atomic E-state index is 0.283. The van der Waals surface area contributed by atoms with E-state index >= 15 is 0 Å². The maximum absolute atomic E-state index is 13.0. The van der Waals surface area contributed by atoms with Gasteiger partial charge < -0.3 is 4.52 Å². The van der Waals surface area contributed by atoms with Gasteiger partial charge in [0.2, 0.25) is 21.7 Å². The zero-order valence-corrected chi connectivity index (χ0v) is 15.2. The van der Waals surface area contributed by atoms with Crippen molar-refractivity contribution in [2.45, 2.75) is 30.7 Å². The molecule has 0 aliphatic carbocycles. The predicted molar refractivity (Wildman–Crippen MR) is 96.8 cm³/mol. The largest absolute Gasteiger partial charge is 0.337 e. The van der Waals surface area contributed by atoms with Gasteiger partial charge in [-0.05, 0) is 38.0 Å². The van der Waals surface area contributed by atoms with Gasteiger partial charge in [-0.2, -0.15) is 9.29 Å². The Bertz CT molecular complexity index is 1020. The van der Waals surface area contributed by atoms with E-state index in [4.69, 9.17) is 4.52 Å². The fourth-order valence-electron chi connectivity index (χ4n) is 3.27. The van der Waals surface area contributed by atoms with E-state index in [1.54, 1.807) is 30.3 Å². The molecule has 1 fully saturated rings. The molecule has 1 unspecified atom stereocenters. The summed E-state index contributed by atoms with van der Waals surface area (Å²) in [5.41, 5.74) is 1.96. The first-order valence-corrected chi connectivity index (χ1v) is 9.97. The molecule has 0 radical (unpaired) electrons. The van der Waals surface area contributed by atoms with E-state index in [1.807, 2.05) is 31.2 Å². The summed E-state index contributed by atoms with van der Waals surface area (Å²) in [6.45, 7) is 2.44. The number of aryl methyl sites for hydroxylation is 1. The molecule has 1 saturated heterocycles. The van der Waals surface area contributed by atoms with Gasteiger partial charge in [-0.3, -0.25) is 0 Å². The van der Waals surface area contributed by atoms with E-state index in [0.29, 0.717) is 24.7 Å². The number of hydrogen-bond donors (Lipinski definition) is 0. The van der Waals surface area contributed by atoms with E-state index < -0.39 is 16.1 Å². The van der Waals surface area contributed by atoms with E-state index in [0.717, 1.165) is 17.5 Å². The molecule has 2 heterocycles. The molecule has 2 aromatic carbocycles. The zero-order valence-electron chi connectivity index (χ0n) is 14.4. The molecule has 1 aliphatic heterocycles. The van der Waals surface area contributed by atoms with Crippen LogP contribution in [0.5, 0.6) is 0 Å². The molecule has 1 atom stereocenters. The minimum Gasteiger partial charge on any atom is -0.337 e. The molecule has 3 aromatic rings. The number of nitrogens with zero attached hydrogens (tertiary/aromatic N) is 3. The van der Waals surface area contributed by atoms with Crippen molar-refractivity contribution in [3.05, 3.63) is 66.1 Å². The van der Waals surface area contributed by atoms with Crippen LogP contribution in [0.1, 0.15) is 30.3 Å². The van der Waals surface area contributed by atoms with E-state index in [-0.39, 0.29) is 4.90 Å². The van der Waals surface area contributed by atoms with E-state index in [2.05, 4.69) is 10.1 Å². The zero-order chi connectivity index (χ0) is 18.1. The van der Waals surface area contributed by atoms with Crippen molar-refractivity contribution in [3.8, 4) is 11.4 Å². The van der Waals surface area contributed by atoms with Crippen LogP contribution in [0.25, 0.3) is 11.4 Å². The van der Waals surface area contributed by atoms with E-state index in [1.165, 1.54) is 4.31 Å². The van der Waals surface area contributed by atoms with Crippen LogP contribution in [-0.4, -0.2) is 29.4 Å². The molecule has 0 spiro atoms. The Morgan fingerprint density at radius 2 is 1.92 bits per heavy atom. The summed E-state index contributed by atoms with van der Waals surface area (Å²) >= 11 is 0. The topological polar surface area (TPSA) is 76.3 Å². The lowest BCUT2D eigenvalue weighted by Crippen LogP contribution is -2.30. The third-order valence-corrected chi connectivity index (χ3v) is 6.48. The number of hydrogen-bond acceptors (Lipinski definition) is 5. The lowest BCUT2D eigenvalue weighted by atomic mass is 10.1. The highest BCUT2D eigenvalue weighted by molar-refractivity contribution is 7.89. The van der Waals surface area contributed by atoms with Gasteiger partial charge in [-0.1, -0.05) is 47.1 Å².